The minimum atomic E-state index is 0.201. The summed E-state index contributed by atoms with van der Waals surface area (Å²) in [5.74, 6) is 0.928. The molecule has 3 N–H and O–H groups in total. The van der Waals surface area contributed by atoms with Gasteiger partial charge in [-0.2, -0.15) is 0 Å². The molecular formula is C14H15NO2. The van der Waals surface area contributed by atoms with E-state index in [0.29, 0.717) is 11.3 Å². The summed E-state index contributed by atoms with van der Waals surface area (Å²) in [5.41, 5.74) is 8.97. The van der Waals surface area contributed by atoms with Crippen LogP contribution in [0.2, 0.25) is 0 Å². The molecule has 0 spiro atoms. The Bertz CT molecular complexity index is 550. The number of methoxy groups -OCH3 is 1. The van der Waals surface area contributed by atoms with Crippen molar-refractivity contribution in [1.29, 1.82) is 0 Å². The van der Waals surface area contributed by atoms with Crippen molar-refractivity contribution < 1.29 is 9.84 Å². The maximum absolute atomic E-state index is 9.92. The van der Waals surface area contributed by atoms with Crippen molar-refractivity contribution in [3.05, 3.63) is 42.0 Å². The molecule has 0 atom stereocenters. The van der Waals surface area contributed by atoms with Gasteiger partial charge in [0.05, 0.1) is 7.11 Å². The van der Waals surface area contributed by atoms with Crippen molar-refractivity contribution in [2.24, 2.45) is 0 Å². The fraction of sp³-hybridized carbons (Fsp3) is 0.143. The lowest BCUT2D eigenvalue weighted by molar-refractivity contribution is 0.415. The zero-order valence-corrected chi connectivity index (χ0v) is 9.90. The highest BCUT2D eigenvalue weighted by Crippen LogP contribution is 2.38. The average molecular weight is 229 g/mol. The second-order valence-corrected chi connectivity index (χ2v) is 3.93. The number of aryl methyl sites for hydroxylation is 1. The van der Waals surface area contributed by atoms with Gasteiger partial charge in [0, 0.05) is 16.8 Å². The van der Waals surface area contributed by atoms with Crippen LogP contribution in [-0.4, -0.2) is 12.2 Å². The SMILES string of the molecule is COc1cccc(C)c1-c1cc(N)ccc1O. The van der Waals surface area contributed by atoms with Crippen LogP contribution in [0.5, 0.6) is 11.5 Å². The second kappa shape index (κ2) is 4.37. The number of anilines is 1. The van der Waals surface area contributed by atoms with Crippen LogP contribution < -0.4 is 10.5 Å². The highest BCUT2D eigenvalue weighted by atomic mass is 16.5. The van der Waals surface area contributed by atoms with Crippen molar-refractivity contribution in [2.75, 3.05) is 12.8 Å². The van der Waals surface area contributed by atoms with E-state index in [0.717, 1.165) is 16.9 Å². The fourth-order valence-electron chi connectivity index (χ4n) is 1.91. The fourth-order valence-corrected chi connectivity index (χ4v) is 1.91. The lowest BCUT2D eigenvalue weighted by Crippen LogP contribution is -1.92. The lowest BCUT2D eigenvalue weighted by Gasteiger charge is -2.13. The van der Waals surface area contributed by atoms with Crippen LogP contribution in [0.25, 0.3) is 11.1 Å². The maximum Gasteiger partial charge on any atom is 0.127 e. The number of ether oxygens (including phenoxy) is 1. The van der Waals surface area contributed by atoms with Crippen LogP contribution in [0.1, 0.15) is 5.56 Å². The number of hydrogen-bond acceptors (Lipinski definition) is 3. The van der Waals surface area contributed by atoms with E-state index in [1.54, 1.807) is 25.3 Å². The standard InChI is InChI=1S/C14H15NO2/c1-9-4-3-5-13(17-2)14(9)11-8-10(15)6-7-12(11)16/h3-8,16H,15H2,1-2H3. The number of phenolic OH excluding ortho intramolecular Hbond substituents is 1. The number of nitrogen functional groups attached to an aromatic ring is 1. The van der Waals surface area contributed by atoms with Crippen LogP contribution in [-0.2, 0) is 0 Å². The molecule has 0 aliphatic rings. The number of phenols is 1. The van der Waals surface area contributed by atoms with E-state index in [1.165, 1.54) is 0 Å². The van der Waals surface area contributed by atoms with E-state index in [4.69, 9.17) is 10.5 Å². The summed E-state index contributed by atoms with van der Waals surface area (Å²) in [6.45, 7) is 1.97. The topological polar surface area (TPSA) is 55.5 Å². The number of benzene rings is 2. The van der Waals surface area contributed by atoms with Gasteiger partial charge in [0.15, 0.2) is 0 Å². The normalized spacial score (nSPS) is 10.2. The molecule has 3 heteroatoms. The highest BCUT2D eigenvalue weighted by molar-refractivity contribution is 5.80. The molecule has 17 heavy (non-hydrogen) atoms. The quantitative estimate of drug-likeness (QED) is 0.615. The number of hydrogen-bond donors (Lipinski definition) is 2. The highest BCUT2D eigenvalue weighted by Gasteiger charge is 2.12. The van der Waals surface area contributed by atoms with Crippen LogP contribution in [0.15, 0.2) is 36.4 Å². The molecule has 0 aromatic heterocycles. The van der Waals surface area contributed by atoms with Crippen LogP contribution >= 0.6 is 0 Å². The van der Waals surface area contributed by atoms with Crippen molar-refractivity contribution in [1.82, 2.24) is 0 Å². The Labute approximate surface area is 100 Å². The van der Waals surface area contributed by atoms with Gasteiger partial charge in [0.2, 0.25) is 0 Å². The van der Waals surface area contributed by atoms with Gasteiger partial charge in [-0.25, -0.2) is 0 Å². The molecule has 0 heterocycles. The van der Waals surface area contributed by atoms with Gasteiger partial charge in [-0.15, -0.1) is 0 Å². The summed E-state index contributed by atoms with van der Waals surface area (Å²) in [5, 5.41) is 9.92. The molecule has 0 amide bonds. The zero-order chi connectivity index (χ0) is 12.4. The Balaban J connectivity index is 2.71. The Morgan fingerprint density at radius 3 is 2.65 bits per heavy atom. The Kier molecular flexibility index (Phi) is 2.91. The third-order valence-corrected chi connectivity index (χ3v) is 2.74. The van der Waals surface area contributed by atoms with E-state index in [1.807, 2.05) is 25.1 Å². The third-order valence-electron chi connectivity index (χ3n) is 2.74. The monoisotopic (exact) mass is 229 g/mol. The van der Waals surface area contributed by atoms with E-state index in [2.05, 4.69) is 0 Å². The van der Waals surface area contributed by atoms with Gasteiger partial charge in [-0.3, -0.25) is 0 Å². The van der Waals surface area contributed by atoms with E-state index in [-0.39, 0.29) is 5.75 Å². The number of aromatic hydroxyl groups is 1. The van der Waals surface area contributed by atoms with Crippen molar-refractivity contribution in [3.8, 4) is 22.6 Å². The molecule has 0 unspecified atom stereocenters. The molecule has 0 saturated heterocycles. The van der Waals surface area contributed by atoms with Gasteiger partial charge in [-0.1, -0.05) is 12.1 Å². The van der Waals surface area contributed by atoms with E-state index >= 15 is 0 Å². The molecule has 0 saturated carbocycles. The summed E-state index contributed by atoms with van der Waals surface area (Å²) in [7, 11) is 1.61. The number of rotatable bonds is 2. The molecule has 2 aromatic rings. The molecule has 0 bridgehead atoms. The molecule has 88 valence electrons. The van der Waals surface area contributed by atoms with Gasteiger partial charge >= 0.3 is 0 Å². The van der Waals surface area contributed by atoms with Crippen LogP contribution in [0, 0.1) is 6.92 Å². The van der Waals surface area contributed by atoms with Gasteiger partial charge in [0.1, 0.15) is 11.5 Å². The summed E-state index contributed by atoms with van der Waals surface area (Å²) < 4.78 is 5.32. The van der Waals surface area contributed by atoms with Crippen molar-refractivity contribution in [3.63, 3.8) is 0 Å². The summed E-state index contributed by atoms with van der Waals surface area (Å²) in [6.07, 6.45) is 0. The predicted octanol–water partition coefficient (Wildman–Crippen LogP) is 2.96. The Morgan fingerprint density at radius 2 is 1.94 bits per heavy atom. The third kappa shape index (κ3) is 2.04. The molecule has 2 aromatic carbocycles. The number of nitrogens with two attached hydrogens (primary N) is 1. The largest absolute Gasteiger partial charge is 0.507 e. The van der Waals surface area contributed by atoms with Crippen LogP contribution in [0.3, 0.4) is 0 Å². The predicted molar refractivity (Wildman–Crippen MR) is 69.2 cm³/mol. The summed E-state index contributed by atoms with van der Waals surface area (Å²) in [6, 6.07) is 10.8. The minimum Gasteiger partial charge on any atom is -0.507 e. The van der Waals surface area contributed by atoms with Gasteiger partial charge in [0.25, 0.3) is 0 Å². The first kappa shape index (κ1) is 11.3. The minimum absolute atomic E-state index is 0.201. The van der Waals surface area contributed by atoms with Crippen molar-refractivity contribution >= 4 is 5.69 Å². The maximum atomic E-state index is 9.92. The zero-order valence-electron chi connectivity index (χ0n) is 9.90. The van der Waals surface area contributed by atoms with E-state index in [9.17, 15) is 5.11 Å². The summed E-state index contributed by atoms with van der Waals surface area (Å²) >= 11 is 0. The molecule has 3 nitrogen and oxygen atoms in total. The smallest absolute Gasteiger partial charge is 0.127 e. The Morgan fingerprint density at radius 1 is 1.18 bits per heavy atom. The molecule has 0 radical (unpaired) electrons. The molecule has 0 aliphatic heterocycles. The van der Waals surface area contributed by atoms with Gasteiger partial charge < -0.3 is 15.6 Å². The van der Waals surface area contributed by atoms with E-state index < -0.39 is 0 Å². The van der Waals surface area contributed by atoms with Crippen molar-refractivity contribution in [2.45, 2.75) is 6.92 Å². The molecule has 2 rings (SSSR count). The Hall–Kier alpha value is -2.16. The van der Waals surface area contributed by atoms with Crippen LogP contribution in [0.4, 0.5) is 5.69 Å². The van der Waals surface area contributed by atoms with Gasteiger partial charge in [-0.05, 0) is 36.8 Å². The second-order valence-electron chi connectivity index (χ2n) is 3.93. The first-order valence-electron chi connectivity index (χ1n) is 5.36. The molecule has 0 fully saturated rings. The molecule has 0 aliphatic carbocycles. The summed E-state index contributed by atoms with van der Waals surface area (Å²) in [4.78, 5) is 0. The molecular weight excluding hydrogens is 214 g/mol. The first-order chi connectivity index (χ1) is 8.13. The lowest BCUT2D eigenvalue weighted by atomic mass is 9.98. The first-order valence-corrected chi connectivity index (χ1v) is 5.36. The average Bonchev–Trinajstić information content (AvgIpc) is 2.32.